The van der Waals surface area contributed by atoms with Gasteiger partial charge in [0, 0.05) is 6.08 Å². The highest BCUT2D eigenvalue weighted by Crippen LogP contribution is 2.60. The molecule has 24 heavy (non-hydrogen) atoms. The van der Waals surface area contributed by atoms with Crippen LogP contribution in [0.1, 0.15) is 51.9 Å². The number of esters is 1. The van der Waals surface area contributed by atoms with Gasteiger partial charge in [-0.15, -0.1) is 0 Å². The molecule has 4 aliphatic rings. The van der Waals surface area contributed by atoms with Crippen molar-refractivity contribution in [3.63, 3.8) is 0 Å². The summed E-state index contributed by atoms with van der Waals surface area (Å²) in [4.78, 5) is 23.3. The maximum Gasteiger partial charge on any atom is 0.407 e. The third kappa shape index (κ3) is 3.31. The van der Waals surface area contributed by atoms with Crippen molar-refractivity contribution >= 4 is 12.1 Å². The SMILES string of the molecule is C=CC(=O)OCCNC(=O)OC1(CCC)C2CC3CC(C2)CC1C3. The normalized spacial score (nSPS) is 36.2. The minimum atomic E-state index is -0.478. The molecule has 0 saturated heterocycles. The summed E-state index contributed by atoms with van der Waals surface area (Å²) in [7, 11) is 0. The average Bonchev–Trinajstić information content (AvgIpc) is 2.55. The molecule has 0 spiro atoms. The van der Waals surface area contributed by atoms with Crippen LogP contribution in [0, 0.1) is 23.7 Å². The average molecular weight is 335 g/mol. The van der Waals surface area contributed by atoms with Crippen molar-refractivity contribution in [1.82, 2.24) is 5.32 Å². The van der Waals surface area contributed by atoms with Crippen LogP contribution in [0.4, 0.5) is 4.79 Å². The van der Waals surface area contributed by atoms with Crippen molar-refractivity contribution < 1.29 is 19.1 Å². The standard InChI is InChI=1S/C19H29NO4/c1-3-5-19(24-18(22)20-6-7-23-17(21)4-2)15-9-13-8-14(11-15)12-16(19)10-13/h4,13-16H,2-3,5-12H2,1H3,(H,20,22). The fraction of sp³-hybridized carbons (Fsp3) is 0.789. The molecule has 0 aromatic heterocycles. The van der Waals surface area contributed by atoms with E-state index in [2.05, 4.69) is 18.8 Å². The number of carbonyl (C=O) groups is 2. The van der Waals surface area contributed by atoms with Crippen LogP contribution in [-0.4, -0.2) is 30.8 Å². The topological polar surface area (TPSA) is 64.6 Å². The zero-order valence-corrected chi connectivity index (χ0v) is 14.6. The Hall–Kier alpha value is -1.52. The minimum Gasteiger partial charge on any atom is -0.461 e. The van der Waals surface area contributed by atoms with Gasteiger partial charge in [-0.25, -0.2) is 9.59 Å². The molecule has 1 amide bonds. The highest BCUT2D eigenvalue weighted by atomic mass is 16.6. The van der Waals surface area contributed by atoms with Gasteiger partial charge in [-0.05, 0) is 62.2 Å². The van der Waals surface area contributed by atoms with Crippen molar-refractivity contribution in [3.05, 3.63) is 12.7 Å². The third-order valence-corrected chi connectivity index (χ3v) is 6.23. The summed E-state index contributed by atoms with van der Waals surface area (Å²) in [6, 6.07) is 0. The molecule has 0 aromatic rings. The summed E-state index contributed by atoms with van der Waals surface area (Å²) in [5, 5.41) is 2.73. The van der Waals surface area contributed by atoms with E-state index in [-0.39, 0.29) is 24.8 Å². The Morgan fingerprint density at radius 1 is 1.17 bits per heavy atom. The molecule has 5 nitrogen and oxygen atoms in total. The van der Waals surface area contributed by atoms with Gasteiger partial charge in [-0.3, -0.25) is 0 Å². The second-order valence-electron chi connectivity index (χ2n) is 7.70. The number of carbonyl (C=O) groups excluding carboxylic acids is 2. The van der Waals surface area contributed by atoms with Gasteiger partial charge < -0.3 is 14.8 Å². The number of rotatable bonds is 7. The Kier molecular flexibility index (Phi) is 5.16. The van der Waals surface area contributed by atoms with Gasteiger partial charge in [0.2, 0.25) is 0 Å². The summed E-state index contributed by atoms with van der Waals surface area (Å²) in [5.74, 6) is 2.27. The monoisotopic (exact) mass is 335 g/mol. The second-order valence-corrected chi connectivity index (χ2v) is 7.70. The van der Waals surface area contributed by atoms with Crippen LogP contribution in [0.25, 0.3) is 0 Å². The molecular weight excluding hydrogens is 306 g/mol. The molecule has 134 valence electrons. The summed E-state index contributed by atoms with van der Waals surface area (Å²) in [5.41, 5.74) is -0.274. The highest BCUT2D eigenvalue weighted by Gasteiger charge is 2.58. The molecule has 4 fully saturated rings. The Bertz CT molecular complexity index is 474. The zero-order chi connectivity index (χ0) is 17.2. The predicted octanol–water partition coefficient (Wildman–Crippen LogP) is 3.44. The van der Waals surface area contributed by atoms with Gasteiger partial charge in [-0.2, -0.15) is 0 Å². The van der Waals surface area contributed by atoms with Gasteiger partial charge in [0.25, 0.3) is 0 Å². The number of hydrogen-bond donors (Lipinski definition) is 1. The fourth-order valence-electron chi connectivity index (χ4n) is 5.57. The van der Waals surface area contributed by atoms with E-state index in [9.17, 15) is 9.59 Å². The molecule has 5 heteroatoms. The Labute approximate surface area is 144 Å². The quantitative estimate of drug-likeness (QED) is 0.440. The number of alkyl carbamates (subject to hydrolysis) is 1. The van der Waals surface area contributed by atoms with Crippen molar-refractivity contribution in [2.75, 3.05) is 13.2 Å². The van der Waals surface area contributed by atoms with E-state index in [1.54, 1.807) is 0 Å². The van der Waals surface area contributed by atoms with E-state index in [4.69, 9.17) is 9.47 Å². The van der Waals surface area contributed by atoms with Crippen molar-refractivity contribution in [2.45, 2.75) is 57.5 Å². The molecule has 4 bridgehead atoms. The molecule has 0 unspecified atom stereocenters. The van der Waals surface area contributed by atoms with E-state index >= 15 is 0 Å². The Morgan fingerprint density at radius 2 is 1.79 bits per heavy atom. The molecule has 0 heterocycles. The van der Waals surface area contributed by atoms with Gasteiger partial charge >= 0.3 is 12.1 Å². The Morgan fingerprint density at radius 3 is 2.33 bits per heavy atom. The van der Waals surface area contributed by atoms with E-state index in [1.165, 1.54) is 32.1 Å². The third-order valence-electron chi connectivity index (χ3n) is 6.23. The van der Waals surface area contributed by atoms with Crippen LogP contribution < -0.4 is 5.32 Å². The van der Waals surface area contributed by atoms with Crippen LogP contribution in [0.15, 0.2) is 12.7 Å². The molecule has 0 aromatic carbocycles. The van der Waals surface area contributed by atoms with Gasteiger partial charge in [-0.1, -0.05) is 19.9 Å². The van der Waals surface area contributed by atoms with E-state index in [0.29, 0.717) is 11.8 Å². The largest absolute Gasteiger partial charge is 0.461 e. The zero-order valence-electron chi connectivity index (χ0n) is 14.6. The van der Waals surface area contributed by atoms with E-state index in [1.807, 2.05) is 0 Å². The number of amides is 1. The first-order valence-electron chi connectivity index (χ1n) is 9.33. The fourth-order valence-corrected chi connectivity index (χ4v) is 5.57. The summed E-state index contributed by atoms with van der Waals surface area (Å²) in [6.45, 7) is 5.91. The van der Waals surface area contributed by atoms with Gasteiger partial charge in [0.15, 0.2) is 0 Å². The Balaban J connectivity index is 1.57. The number of nitrogens with one attached hydrogen (secondary N) is 1. The van der Waals surface area contributed by atoms with Crippen LogP contribution in [0.2, 0.25) is 0 Å². The van der Waals surface area contributed by atoms with Crippen LogP contribution >= 0.6 is 0 Å². The second kappa shape index (κ2) is 7.16. The minimum absolute atomic E-state index is 0.137. The maximum atomic E-state index is 12.3. The first-order chi connectivity index (χ1) is 11.6. The molecule has 4 rings (SSSR count). The lowest BCUT2D eigenvalue weighted by molar-refractivity contribution is -0.176. The lowest BCUT2D eigenvalue weighted by atomic mass is 9.49. The van der Waals surface area contributed by atoms with E-state index < -0.39 is 5.97 Å². The van der Waals surface area contributed by atoms with Crippen molar-refractivity contribution in [1.29, 1.82) is 0 Å². The van der Waals surface area contributed by atoms with Crippen LogP contribution in [0.5, 0.6) is 0 Å². The van der Waals surface area contributed by atoms with E-state index in [0.717, 1.165) is 30.8 Å². The van der Waals surface area contributed by atoms with Crippen LogP contribution in [0.3, 0.4) is 0 Å². The lowest BCUT2D eigenvalue weighted by Crippen LogP contribution is -2.60. The lowest BCUT2D eigenvalue weighted by Gasteiger charge is -2.60. The summed E-state index contributed by atoms with van der Waals surface area (Å²) < 4.78 is 10.9. The first kappa shape index (κ1) is 17.3. The van der Waals surface area contributed by atoms with Gasteiger partial charge in [0.05, 0.1) is 6.54 Å². The van der Waals surface area contributed by atoms with Crippen molar-refractivity contribution in [2.24, 2.45) is 23.7 Å². The molecule has 0 aliphatic heterocycles. The smallest absolute Gasteiger partial charge is 0.407 e. The van der Waals surface area contributed by atoms with Crippen LogP contribution in [-0.2, 0) is 14.3 Å². The molecule has 0 radical (unpaired) electrons. The molecule has 4 aliphatic carbocycles. The first-order valence-corrected chi connectivity index (χ1v) is 9.33. The van der Waals surface area contributed by atoms with Crippen molar-refractivity contribution in [3.8, 4) is 0 Å². The number of hydrogen-bond acceptors (Lipinski definition) is 4. The summed E-state index contributed by atoms with van der Waals surface area (Å²) in [6.07, 6.45) is 9.00. The predicted molar refractivity (Wildman–Crippen MR) is 90.3 cm³/mol. The number of ether oxygens (including phenoxy) is 2. The molecule has 1 N–H and O–H groups in total. The molecule has 4 saturated carbocycles. The maximum absolute atomic E-state index is 12.3. The van der Waals surface area contributed by atoms with Gasteiger partial charge in [0.1, 0.15) is 12.2 Å². The molecule has 0 atom stereocenters. The highest BCUT2D eigenvalue weighted by molar-refractivity contribution is 5.81. The summed E-state index contributed by atoms with van der Waals surface area (Å²) >= 11 is 0. The molecular formula is C19H29NO4.